The van der Waals surface area contributed by atoms with Crippen LogP contribution in [0.2, 0.25) is 0 Å². The third kappa shape index (κ3) is 7.20. The van der Waals surface area contributed by atoms with Crippen molar-refractivity contribution in [2.24, 2.45) is 29.6 Å². The molecular formula is C41H54N6O9S. The van der Waals surface area contributed by atoms with Gasteiger partial charge in [-0.15, -0.1) is 5.10 Å². The highest BCUT2D eigenvalue weighted by molar-refractivity contribution is 7.91. The summed E-state index contributed by atoms with van der Waals surface area (Å²) in [4.78, 5) is 73.1. The van der Waals surface area contributed by atoms with E-state index in [-0.39, 0.29) is 49.3 Å². The van der Waals surface area contributed by atoms with Crippen LogP contribution in [0.4, 0.5) is 4.79 Å². The van der Waals surface area contributed by atoms with Crippen LogP contribution < -0.4 is 20.3 Å². The average molecular weight is 807 g/mol. The van der Waals surface area contributed by atoms with Crippen molar-refractivity contribution in [3.8, 4) is 5.88 Å². The molecule has 0 radical (unpaired) electrons. The maximum Gasteiger partial charge on any atom is 0.408 e. The van der Waals surface area contributed by atoms with Gasteiger partial charge in [0.1, 0.15) is 23.7 Å². The van der Waals surface area contributed by atoms with Crippen molar-refractivity contribution in [1.29, 1.82) is 0 Å². The third-order valence-electron chi connectivity index (χ3n) is 13.7. The van der Waals surface area contributed by atoms with Crippen LogP contribution in [0.25, 0.3) is 10.8 Å². The molecule has 1 aromatic heterocycles. The number of carbonyl (C=O) groups excluding carboxylic acids is 3. The van der Waals surface area contributed by atoms with Crippen molar-refractivity contribution in [2.45, 2.75) is 133 Å². The van der Waals surface area contributed by atoms with Gasteiger partial charge in [-0.2, -0.15) is 0 Å². The zero-order chi connectivity index (χ0) is 40.6. The summed E-state index contributed by atoms with van der Waals surface area (Å²) < 4.78 is 35.5. The van der Waals surface area contributed by atoms with Crippen molar-refractivity contribution < 1.29 is 37.4 Å². The van der Waals surface area contributed by atoms with Crippen LogP contribution in [-0.4, -0.2) is 98.0 Å². The van der Waals surface area contributed by atoms with Crippen LogP contribution >= 0.6 is 0 Å². The molecule has 1 saturated heterocycles. The molecule has 10 atom stereocenters. The fourth-order valence-corrected chi connectivity index (χ4v) is 11.2. The third-order valence-corrected chi connectivity index (χ3v) is 15.9. The minimum atomic E-state index is -4.03. The molecule has 2 unspecified atom stereocenters. The highest BCUT2D eigenvalue weighted by atomic mass is 32.2. The molecule has 0 spiro atoms. The lowest BCUT2D eigenvalue weighted by Crippen LogP contribution is -2.61. The van der Waals surface area contributed by atoms with Crippen LogP contribution in [0.3, 0.4) is 0 Å². The SMILES string of the molecule is CCn1nc(O[C@@H]2C[C@H]3C(=O)N[C@]4(C(=O)NS(=O)(=O)C5(C)CC5)C[C@H]4/C=C\CC[C@H](C)C[C@@H](C)[C@H](N(C(=O)O)C4CC5C[C@H]5C4)C(=O)N3C2)c2ccccc2c1=O. The lowest BCUT2D eigenvalue weighted by atomic mass is 9.86. The molecule has 4 amide bonds. The van der Waals surface area contributed by atoms with Crippen molar-refractivity contribution in [2.75, 3.05) is 6.54 Å². The van der Waals surface area contributed by atoms with Gasteiger partial charge in [-0.3, -0.25) is 28.8 Å². The molecular weight excluding hydrogens is 753 g/mol. The second-order valence-electron chi connectivity index (χ2n) is 17.9. The summed E-state index contributed by atoms with van der Waals surface area (Å²) in [6.45, 7) is 7.56. The highest BCUT2D eigenvalue weighted by Gasteiger charge is 2.63. The van der Waals surface area contributed by atoms with E-state index in [0.717, 1.165) is 12.8 Å². The van der Waals surface area contributed by atoms with E-state index in [1.807, 2.05) is 19.1 Å². The minimum absolute atomic E-state index is 0.0223. The zero-order valence-corrected chi connectivity index (χ0v) is 33.9. The molecule has 15 nitrogen and oxygen atoms in total. The number of rotatable bonds is 8. The first-order valence-corrected chi connectivity index (χ1v) is 22.1. The van der Waals surface area contributed by atoms with E-state index in [1.165, 1.54) is 14.5 Å². The van der Waals surface area contributed by atoms with Gasteiger partial charge in [0.2, 0.25) is 27.7 Å². The number of hydrogen-bond donors (Lipinski definition) is 3. The molecule has 5 fully saturated rings. The molecule has 308 valence electrons. The summed E-state index contributed by atoms with van der Waals surface area (Å²) in [6.07, 6.45) is 7.27. The van der Waals surface area contributed by atoms with Crippen LogP contribution in [0.15, 0.2) is 41.2 Å². The van der Waals surface area contributed by atoms with Gasteiger partial charge >= 0.3 is 6.09 Å². The normalized spacial score (nSPS) is 35.1. The number of aryl methyl sites for hydroxylation is 1. The molecule has 4 aliphatic carbocycles. The van der Waals surface area contributed by atoms with E-state index in [0.29, 0.717) is 61.1 Å². The van der Waals surface area contributed by atoms with Crippen LogP contribution in [-0.2, 0) is 31.0 Å². The van der Waals surface area contributed by atoms with Gasteiger partial charge in [0, 0.05) is 24.9 Å². The van der Waals surface area contributed by atoms with Crippen LogP contribution in [0, 0.1) is 29.6 Å². The summed E-state index contributed by atoms with van der Waals surface area (Å²) in [7, 11) is -4.03. The van der Waals surface area contributed by atoms with Crippen molar-refractivity contribution in [3.63, 3.8) is 0 Å². The molecule has 4 saturated carbocycles. The van der Waals surface area contributed by atoms with Gasteiger partial charge in [-0.1, -0.05) is 38.1 Å². The van der Waals surface area contributed by atoms with Crippen molar-refractivity contribution in [3.05, 3.63) is 46.8 Å². The first-order valence-electron chi connectivity index (χ1n) is 20.6. The number of benzene rings is 1. The number of nitrogens with one attached hydrogen (secondary N) is 2. The number of aromatic nitrogens is 2. The molecule has 1 aromatic carbocycles. The van der Waals surface area contributed by atoms with E-state index >= 15 is 4.79 Å². The fourth-order valence-electron chi connectivity index (χ4n) is 9.85. The Morgan fingerprint density at radius 3 is 2.42 bits per heavy atom. The second-order valence-corrected chi connectivity index (χ2v) is 20.1. The fraction of sp³-hybridized carbons (Fsp3) is 0.659. The molecule has 3 heterocycles. The lowest BCUT2D eigenvalue weighted by Gasteiger charge is -2.40. The predicted octanol–water partition coefficient (Wildman–Crippen LogP) is 3.80. The number of fused-ring (bicyclic) bond motifs is 4. The monoisotopic (exact) mass is 806 g/mol. The van der Waals surface area contributed by atoms with Gasteiger partial charge in [0.05, 0.1) is 22.1 Å². The summed E-state index contributed by atoms with van der Waals surface area (Å²) in [5.74, 6) is -1.68. The van der Waals surface area contributed by atoms with E-state index < -0.39 is 74.1 Å². The van der Waals surface area contributed by atoms with Crippen LogP contribution in [0.5, 0.6) is 5.88 Å². The summed E-state index contributed by atoms with van der Waals surface area (Å²) in [5.41, 5.74) is -1.85. The average Bonchev–Trinajstić information content (AvgIpc) is 4.12. The molecule has 2 aliphatic heterocycles. The summed E-state index contributed by atoms with van der Waals surface area (Å²) >= 11 is 0. The van der Waals surface area contributed by atoms with E-state index in [4.69, 9.17) is 4.74 Å². The van der Waals surface area contributed by atoms with Crippen molar-refractivity contribution >= 4 is 44.6 Å². The maximum atomic E-state index is 15.2. The number of ether oxygens (including phenoxy) is 1. The van der Waals surface area contributed by atoms with Gasteiger partial charge in [0.25, 0.3) is 11.5 Å². The maximum absolute atomic E-state index is 15.2. The molecule has 2 aromatic rings. The lowest BCUT2D eigenvalue weighted by molar-refractivity contribution is -0.145. The molecule has 0 bridgehead atoms. The Labute approximate surface area is 332 Å². The standard InChI is InChI=1S/C41H54N6O9S/c1-5-46-36(49)31-13-9-8-12-30(31)35(43-46)56-29-20-32-34(48)42-41(38(51)44-57(54,55)40(4)14-15-40)21-27(41)11-7-6-10-23(2)16-24(3)33(37(50)45(32)22-29)47(39(52)53)28-18-25-17-26(25)19-28/h7-9,11-13,23-29,32-33H,5-6,10,14-22H2,1-4H3,(H,42,48)(H,44,51)(H,52,53)/b11-7-/t23-,24+,25-,26?,27+,28?,29+,32-,33-,41+/m0/s1. The van der Waals surface area contributed by atoms with Crippen LogP contribution in [0.1, 0.15) is 91.9 Å². The Kier molecular flexibility index (Phi) is 9.96. The largest absolute Gasteiger partial charge is 0.471 e. The number of allylic oxidation sites excluding steroid dienone is 1. The van der Waals surface area contributed by atoms with E-state index in [9.17, 15) is 32.7 Å². The van der Waals surface area contributed by atoms with Gasteiger partial charge in [-0.25, -0.2) is 17.9 Å². The number of carboxylic acid groups (broad SMARTS) is 1. The molecule has 8 rings (SSSR count). The minimum Gasteiger partial charge on any atom is -0.471 e. The predicted molar refractivity (Wildman–Crippen MR) is 209 cm³/mol. The first kappa shape index (κ1) is 39.4. The number of carbonyl (C=O) groups is 4. The second kappa shape index (κ2) is 14.4. The highest BCUT2D eigenvalue weighted by Crippen LogP contribution is 2.54. The van der Waals surface area contributed by atoms with E-state index in [2.05, 4.69) is 22.1 Å². The number of amides is 4. The number of hydrogen-bond acceptors (Lipinski definition) is 9. The Morgan fingerprint density at radius 2 is 1.75 bits per heavy atom. The topological polar surface area (TPSA) is 197 Å². The first-order chi connectivity index (χ1) is 27.1. The quantitative estimate of drug-likeness (QED) is 0.330. The molecule has 3 N–H and O–H groups in total. The molecule has 16 heteroatoms. The smallest absolute Gasteiger partial charge is 0.408 e. The van der Waals surface area contributed by atoms with Gasteiger partial charge in [-0.05, 0) is 107 Å². The van der Waals surface area contributed by atoms with E-state index in [1.54, 1.807) is 38.1 Å². The molecule has 57 heavy (non-hydrogen) atoms. The Balaban J connectivity index is 1.17. The summed E-state index contributed by atoms with van der Waals surface area (Å²) in [6, 6.07) is 4.31. The van der Waals surface area contributed by atoms with Gasteiger partial charge < -0.3 is 20.1 Å². The van der Waals surface area contributed by atoms with Crippen molar-refractivity contribution in [1.82, 2.24) is 29.6 Å². The molecule has 6 aliphatic rings. The zero-order valence-electron chi connectivity index (χ0n) is 33.1. The Bertz CT molecular complexity index is 2180. The van der Waals surface area contributed by atoms with Gasteiger partial charge in [0.15, 0.2) is 0 Å². The Morgan fingerprint density at radius 1 is 1.05 bits per heavy atom. The Hall–Kier alpha value is -4.47. The number of nitrogens with zero attached hydrogens (tertiary/aromatic N) is 4. The number of sulfonamides is 1. The summed E-state index contributed by atoms with van der Waals surface area (Å²) in [5, 5.41) is 19.1.